The standard InChI is InChI=1S/C16H28BrN3/c1-5-13-15(17)14(20(7-3)19-13)11-16(4)9-8-12(10-16)18-6-2/h12,18H,5-11H2,1-4H3. The minimum Gasteiger partial charge on any atom is -0.314 e. The minimum absolute atomic E-state index is 0.410. The molecule has 2 rings (SSSR count). The van der Waals surface area contributed by atoms with Crippen LogP contribution in [0.25, 0.3) is 0 Å². The zero-order valence-corrected chi connectivity index (χ0v) is 14.9. The number of aromatic nitrogens is 2. The second-order valence-corrected chi connectivity index (χ2v) is 7.15. The lowest BCUT2D eigenvalue weighted by atomic mass is 9.83. The van der Waals surface area contributed by atoms with Crippen LogP contribution < -0.4 is 5.32 Å². The predicted octanol–water partition coefficient (Wildman–Crippen LogP) is 3.94. The van der Waals surface area contributed by atoms with Crippen LogP contribution in [0.3, 0.4) is 0 Å². The third-order valence-electron chi connectivity index (χ3n) is 4.62. The maximum absolute atomic E-state index is 4.73. The molecule has 2 atom stereocenters. The molecule has 1 aliphatic rings. The Kier molecular flexibility index (Phi) is 5.30. The van der Waals surface area contributed by atoms with Crippen molar-refractivity contribution < 1.29 is 0 Å². The van der Waals surface area contributed by atoms with Crippen LogP contribution in [0, 0.1) is 5.41 Å². The molecule has 0 spiro atoms. The molecule has 3 nitrogen and oxygen atoms in total. The Morgan fingerprint density at radius 1 is 1.40 bits per heavy atom. The maximum Gasteiger partial charge on any atom is 0.0766 e. The number of aryl methyl sites for hydroxylation is 2. The monoisotopic (exact) mass is 341 g/mol. The lowest BCUT2D eigenvalue weighted by molar-refractivity contribution is 0.312. The molecule has 20 heavy (non-hydrogen) atoms. The summed E-state index contributed by atoms with van der Waals surface area (Å²) in [5.74, 6) is 0. The highest BCUT2D eigenvalue weighted by molar-refractivity contribution is 9.10. The van der Waals surface area contributed by atoms with Crippen molar-refractivity contribution in [1.82, 2.24) is 15.1 Å². The molecule has 1 fully saturated rings. The molecule has 0 bridgehead atoms. The molecule has 0 saturated heterocycles. The van der Waals surface area contributed by atoms with Gasteiger partial charge in [-0.2, -0.15) is 5.10 Å². The summed E-state index contributed by atoms with van der Waals surface area (Å²) < 4.78 is 3.43. The molecule has 1 N–H and O–H groups in total. The Morgan fingerprint density at radius 2 is 2.15 bits per heavy atom. The van der Waals surface area contributed by atoms with Crippen molar-refractivity contribution in [3.8, 4) is 0 Å². The molecular weight excluding hydrogens is 314 g/mol. The maximum atomic E-state index is 4.73. The smallest absolute Gasteiger partial charge is 0.0766 e. The van der Waals surface area contributed by atoms with E-state index in [0.717, 1.165) is 25.9 Å². The van der Waals surface area contributed by atoms with Gasteiger partial charge in [-0.3, -0.25) is 4.68 Å². The number of nitrogens with zero attached hydrogens (tertiary/aromatic N) is 2. The second-order valence-electron chi connectivity index (χ2n) is 6.36. The van der Waals surface area contributed by atoms with Crippen molar-refractivity contribution in [3.05, 3.63) is 15.9 Å². The highest BCUT2D eigenvalue weighted by Crippen LogP contribution is 2.42. The van der Waals surface area contributed by atoms with Gasteiger partial charge in [-0.1, -0.05) is 20.8 Å². The Bertz CT molecular complexity index is 455. The average Bonchev–Trinajstić information content (AvgIpc) is 2.93. The topological polar surface area (TPSA) is 29.9 Å². The Hall–Kier alpha value is -0.350. The summed E-state index contributed by atoms with van der Waals surface area (Å²) in [6, 6.07) is 0.701. The molecule has 2 unspecified atom stereocenters. The lowest BCUT2D eigenvalue weighted by Crippen LogP contribution is -2.28. The molecule has 1 aromatic rings. The summed E-state index contributed by atoms with van der Waals surface area (Å²) in [5, 5.41) is 8.34. The van der Waals surface area contributed by atoms with E-state index in [0.29, 0.717) is 11.5 Å². The number of rotatable bonds is 6. The first-order valence-electron chi connectivity index (χ1n) is 8.00. The number of hydrogen-bond acceptors (Lipinski definition) is 2. The fraction of sp³-hybridized carbons (Fsp3) is 0.812. The van der Waals surface area contributed by atoms with Crippen molar-refractivity contribution >= 4 is 15.9 Å². The predicted molar refractivity (Wildman–Crippen MR) is 88.1 cm³/mol. The van der Waals surface area contributed by atoms with E-state index in [9.17, 15) is 0 Å². The van der Waals surface area contributed by atoms with Crippen molar-refractivity contribution in [2.24, 2.45) is 5.41 Å². The van der Waals surface area contributed by atoms with Crippen LogP contribution in [0.2, 0.25) is 0 Å². The van der Waals surface area contributed by atoms with Gasteiger partial charge in [-0.15, -0.1) is 0 Å². The van der Waals surface area contributed by atoms with Gasteiger partial charge in [0.05, 0.1) is 15.9 Å². The largest absolute Gasteiger partial charge is 0.314 e. The van der Waals surface area contributed by atoms with Crippen molar-refractivity contribution in [3.63, 3.8) is 0 Å². The second kappa shape index (κ2) is 6.61. The number of halogens is 1. The molecule has 0 radical (unpaired) electrons. The molecule has 0 aromatic carbocycles. The van der Waals surface area contributed by atoms with Crippen LogP contribution in [-0.4, -0.2) is 22.4 Å². The SMILES string of the molecule is CCNC1CCC(C)(Cc2c(Br)c(CC)nn2CC)C1. The van der Waals surface area contributed by atoms with E-state index in [2.05, 4.69) is 53.6 Å². The fourth-order valence-corrected chi connectivity index (χ4v) is 4.24. The van der Waals surface area contributed by atoms with Gasteiger partial charge in [0.15, 0.2) is 0 Å². The van der Waals surface area contributed by atoms with Gasteiger partial charge < -0.3 is 5.32 Å². The normalized spacial score (nSPS) is 26.4. The van der Waals surface area contributed by atoms with E-state index >= 15 is 0 Å². The number of nitrogens with one attached hydrogen (secondary N) is 1. The Balaban J connectivity index is 2.15. The molecule has 0 aliphatic heterocycles. The van der Waals surface area contributed by atoms with Crippen LogP contribution in [0.15, 0.2) is 4.47 Å². The van der Waals surface area contributed by atoms with Crippen LogP contribution >= 0.6 is 15.9 Å². The van der Waals surface area contributed by atoms with Crippen LogP contribution in [0.4, 0.5) is 0 Å². The van der Waals surface area contributed by atoms with Gasteiger partial charge in [0, 0.05) is 12.6 Å². The highest BCUT2D eigenvalue weighted by Gasteiger charge is 2.36. The zero-order chi connectivity index (χ0) is 14.8. The molecular formula is C16H28BrN3. The summed E-state index contributed by atoms with van der Waals surface area (Å²) >= 11 is 3.78. The summed E-state index contributed by atoms with van der Waals surface area (Å²) in [6.07, 6.45) is 6.04. The van der Waals surface area contributed by atoms with Crippen LogP contribution in [0.1, 0.15) is 58.3 Å². The summed E-state index contributed by atoms with van der Waals surface area (Å²) in [6.45, 7) is 11.0. The first-order valence-corrected chi connectivity index (χ1v) is 8.79. The first kappa shape index (κ1) is 16.0. The van der Waals surface area contributed by atoms with Crippen LogP contribution in [-0.2, 0) is 19.4 Å². The highest BCUT2D eigenvalue weighted by atomic mass is 79.9. The van der Waals surface area contributed by atoms with E-state index in [-0.39, 0.29) is 0 Å². The third-order valence-corrected chi connectivity index (χ3v) is 5.53. The molecule has 1 aromatic heterocycles. The Labute approximate surface area is 131 Å². The third kappa shape index (κ3) is 3.28. The molecule has 114 valence electrons. The van der Waals surface area contributed by atoms with Crippen LogP contribution in [0.5, 0.6) is 0 Å². The van der Waals surface area contributed by atoms with Crippen molar-refractivity contribution in [2.75, 3.05) is 6.54 Å². The van der Waals surface area contributed by atoms with Gasteiger partial charge >= 0.3 is 0 Å². The zero-order valence-electron chi connectivity index (χ0n) is 13.3. The molecule has 1 aliphatic carbocycles. The van der Waals surface area contributed by atoms with Gasteiger partial charge in [-0.25, -0.2) is 0 Å². The quantitative estimate of drug-likeness (QED) is 0.849. The Morgan fingerprint density at radius 3 is 2.75 bits per heavy atom. The molecule has 0 amide bonds. The van der Waals surface area contributed by atoms with E-state index < -0.39 is 0 Å². The summed E-state index contributed by atoms with van der Waals surface area (Å²) in [4.78, 5) is 0. The molecule has 1 heterocycles. The van der Waals surface area contributed by atoms with Gasteiger partial charge in [0.25, 0.3) is 0 Å². The van der Waals surface area contributed by atoms with E-state index in [1.807, 2.05) is 0 Å². The van der Waals surface area contributed by atoms with E-state index in [1.54, 1.807) is 0 Å². The molecule has 4 heteroatoms. The summed E-state index contributed by atoms with van der Waals surface area (Å²) in [5.41, 5.74) is 3.00. The molecule has 1 saturated carbocycles. The van der Waals surface area contributed by atoms with Crippen molar-refractivity contribution in [1.29, 1.82) is 0 Å². The lowest BCUT2D eigenvalue weighted by Gasteiger charge is -2.25. The first-order chi connectivity index (χ1) is 9.53. The van der Waals surface area contributed by atoms with Gasteiger partial charge in [-0.05, 0) is 66.9 Å². The average molecular weight is 342 g/mol. The minimum atomic E-state index is 0.410. The van der Waals surface area contributed by atoms with E-state index in [4.69, 9.17) is 5.10 Å². The number of hydrogen-bond donors (Lipinski definition) is 1. The van der Waals surface area contributed by atoms with E-state index in [1.165, 1.54) is 35.1 Å². The van der Waals surface area contributed by atoms with Gasteiger partial charge in [0.1, 0.15) is 0 Å². The fourth-order valence-electron chi connectivity index (χ4n) is 3.54. The van der Waals surface area contributed by atoms with Crippen molar-refractivity contribution in [2.45, 2.75) is 72.4 Å². The van der Waals surface area contributed by atoms with Gasteiger partial charge in [0.2, 0.25) is 0 Å². The summed E-state index contributed by atoms with van der Waals surface area (Å²) in [7, 11) is 0.